The topological polar surface area (TPSA) is 72.7 Å². The number of fused-ring (bicyclic) bond motifs is 2. The summed E-state index contributed by atoms with van der Waals surface area (Å²) in [6, 6.07) is -0.122. The predicted octanol–water partition coefficient (Wildman–Crippen LogP) is -1.45. The van der Waals surface area contributed by atoms with Crippen LogP contribution in [0.4, 0.5) is 0 Å². The van der Waals surface area contributed by atoms with Crippen molar-refractivity contribution in [2.45, 2.75) is 43.2 Å². The lowest BCUT2D eigenvalue weighted by molar-refractivity contribution is -0.102. The Balaban J connectivity index is 2.17. The second-order valence-electron chi connectivity index (χ2n) is 3.58. The normalized spacial score (nSPS) is 56.5. The Hall–Kier alpha value is -0.160. The lowest BCUT2D eigenvalue weighted by Gasteiger charge is -2.36. The van der Waals surface area contributed by atoms with Crippen LogP contribution < -0.4 is 5.32 Å². The Morgan fingerprint density at radius 2 is 2.09 bits per heavy atom. The van der Waals surface area contributed by atoms with Gasteiger partial charge in [-0.2, -0.15) is 0 Å². The van der Waals surface area contributed by atoms with Crippen LogP contribution in [0.25, 0.3) is 0 Å². The van der Waals surface area contributed by atoms with Crippen LogP contribution in [0, 0.1) is 0 Å². The van der Waals surface area contributed by atoms with Gasteiger partial charge in [-0.25, -0.2) is 0 Å². The van der Waals surface area contributed by atoms with E-state index in [1.54, 1.807) is 0 Å². The molecule has 2 heterocycles. The first-order valence-electron chi connectivity index (χ1n) is 3.97. The molecule has 2 saturated heterocycles. The van der Waals surface area contributed by atoms with Gasteiger partial charge in [-0.15, -0.1) is 0 Å². The highest BCUT2D eigenvalue weighted by molar-refractivity contribution is 5.01. The molecule has 0 aromatic heterocycles. The van der Waals surface area contributed by atoms with Crippen LogP contribution >= 0.6 is 0 Å². The van der Waals surface area contributed by atoms with Gasteiger partial charge in [0, 0.05) is 12.5 Å². The molecular formula is C7H13NO3. The maximum absolute atomic E-state index is 9.63. The molecule has 4 nitrogen and oxygen atoms in total. The van der Waals surface area contributed by atoms with Crippen LogP contribution in [0.1, 0.15) is 19.3 Å². The standard InChI is InChI=1S/C7H13NO3/c9-5-3-7(11)2-1-4(8-7)6(5)10/h4-6,8-11H,1-3H2/t4-,5+,6-,7-/m1/s1. The zero-order chi connectivity index (χ0) is 8.06. The second-order valence-corrected chi connectivity index (χ2v) is 3.58. The van der Waals surface area contributed by atoms with Crippen LogP contribution in [0.2, 0.25) is 0 Å². The first kappa shape index (κ1) is 7.49. The van der Waals surface area contributed by atoms with Crippen molar-refractivity contribution in [3.63, 3.8) is 0 Å². The number of nitrogens with one attached hydrogen (secondary N) is 1. The molecule has 0 saturated carbocycles. The Bertz CT molecular complexity index is 175. The molecule has 2 aliphatic heterocycles. The van der Waals surface area contributed by atoms with Crippen molar-refractivity contribution in [2.75, 3.05) is 0 Å². The van der Waals surface area contributed by atoms with Gasteiger partial charge >= 0.3 is 0 Å². The minimum atomic E-state index is -0.913. The summed E-state index contributed by atoms with van der Waals surface area (Å²) in [5, 5.41) is 31.1. The largest absolute Gasteiger partial charge is 0.390 e. The molecule has 11 heavy (non-hydrogen) atoms. The smallest absolute Gasteiger partial charge is 0.118 e. The Labute approximate surface area is 64.8 Å². The third-order valence-corrected chi connectivity index (χ3v) is 2.68. The number of rotatable bonds is 0. The predicted molar refractivity (Wildman–Crippen MR) is 37.7 cm³/mol. The fraction of sp³-hybridized carbons (Fsp3) is 1.00. The van der Waals surface area contributed by atoms with Gasteiger partial charge in [0.1, 0.15) is 5.72 Å². The molecule has 4 heteroatoms. The van der Waals surface area contributed by atoms with Crippen LogP contribution in [0.5, 0.6) is 0 Å². The van der Waals surface area contributed by atoms with Crippen LogP contribution in [-0.4, -0.2) is 39.3 Å². The summed E-state index contributed by atoms with van der Waals surface area (Å²) in [5.74, 6) is 0. The zero-order valence-corrected chi connectivity index (χ0v) is 6.20. The molecular weight excluding hydrogens is 146 g/mol. The maximum atomic E-state index is 9.63. The molecule has 0 spiro atoms. The average Bonchev–Trinajstić information content (AvgIpc) is 2.25. The van der Waals surface area contributed by atoms with Crippen molar-refractivity contribution in [3.8, 4) is 0 Å². The van der Waals surface area contributed by atoms with Gasteiger partial charge in [-0.05, 0) is 12.8 Å². The van der Waals surface area contributed by atoms with E-state index in [0.717, 1.165) is 6.42 Å². The van der Waals surface area contributed by atoms with E-state index in [0.29, 0.717) is 6.42 Å². The van der Waals surface area contributed by atoms with Gasteiger partial charge in [-0.1, -0.05) is 0 Å². The van der Waals surface area contributed by atoms with E-state index in [2.05, 4.69) is 5.32 Å². The molecule has 0 radical (unpaired) electrons. The summed E-state index contributed by atoms with van der Waals surface area (Å²) in [7, 11) is 0. The summed E-state index contributed by atoms with van der Waals surface area (Å²) in [4.78, 5) is 0. The third kappa shape index (κ3) is 1.06. The lowest BCUT2D eigenvalue weighted by Crippen LogP contribution is -2.58. The Kier molecular flexibility index (Phi) is 1.47. The third-order valence-electron chi connectivity index (χ3n) is 2.68. The zero-order valence-electron chi connectivity index (χ0n) is 6.20. The van der Waals surface area contributed by atoms with E-state index in [4.69, 9.17) is 0 Å². The van der Waals surface area contributed by atoms with E-state index in [1.807, 2.05) is 0 Å². The van der Waals surface area contributed by atoms with Crippen molar-refractivity contribution >= 4 is 0 Å². The molecule has 0 aromatic rings. The molecule has 0 unspecified atom stereocenters. The number of hydrogen-bond donors (Lipinski definition) is 4. The van der Waals surface area contributed by atoms with Crippen LogP contribution in [-0.2, 0) is 0 Å². The Morgan fingerprint density at radius 1 is 1.36 bits per heavy atom. The monoisotopic (exact) mass is 159 g/mol. The molecule has 0 amide bonds. The first-order valence-corrected chi connectivity index (χ1v) is 3.97. The van der Waals surface area contributed by atoms with E-state index >= 15 is 0 Å². The average molecular weight is 159 g/mol. The van der Waals surface area contributed by atoms with E-state index < -0.39 is 17.9 Å². The fourth-order valence-corrected chi connectivity index (χ4v) is 2.04. The van der Waals surface area contributed by atoms with Gasteiger partial charge in [0.15, 0.2) is 0 Å². The summed E-state index contributed by atoms with van der Waals surface area (Å²) in [5.41, 5.74) is -0.913. The van der Waals surface area contributed by atoms with Crippen molar-refractivity contribution in [3.05, 3.63) is 0 Å². The van der Waals surface area contributed by atoms with Gasteiger partial charge in [-0.3, -0.25) is 5.32 Å². The van der Waals surface area contributed by atoms with Crippen LogP contribution in [0.15, 0.2) is 0 Å². The summed E-state index contributed by atoms with van der Waals surface area (Å²) in [6.07, 6.45) is 0.136. The summed E-state index contributed by atoms with van der Waals surface area (Å²) < 4.78 is 0. The molecule has 2 aliphatic rings. The maximum Gasteiger partial charge on any atom is 0.118 e. The van der Waals surface area contributed by atoms with Gasteiger partial charge in [0.2, 0.25) is 0 Å². The minimum Gasteiger partial charge on any atom is -0.390 e. The van der Waals surface area contributed by atoms with Crippen molar-refractivity contribution in [1.29, 1.82) is 0 Å². The molecule has 0 aromatic carbocycles. The number of piperidine rings is 1. The molecule has 2 rings (SSSR count). The molecule has 2 bridgehead atoms. The summed E-state index contributed by atoms with van der Waals surface area (Å²) >= 11 is 0. The van der Waals surface area contributed by atoms with Gasteiger partial charge < -0.3 is 15.3 Å². The van der Waals surface area contributed by atoms with Gasteiger partial charge in [0.05, 0.1) is 12.2 Å². The summed E-state index contributed by atoms with van der Waals surface area (Å²) in [6.45, 7) is 0. The number of hydrogen-bond acceptors (Lipinski definition) is 4. The molecule has 0 aliphatic carbocycles. The first-order chi connectivity index (χ1) is 5.11. The molecule has 4 atom stereocenters. The van der Waals surface area contributed by atoms with Gasteiger partial charge in [0.25, 0.3) is 0 Å². The quantitative estimate of drug-likeness (QED) is 0.349. The Morgan fingerprint density at radius 3 is 2.82 bits per heavy atom. The van der Waals surface area contributed by atoms with Crippen molar-refractivity contribution in [2.24, 2.45) is 0 Å². The second kappa shape index (κ2) is 2.17. The SMILES string of the molecule is O[C@H]1[C@@H](O)C[C@]2(O)CC[C@H]1N2. The molecule has 64 valence electrons. The number of aliphatic hydroxyl groups is 3. The molecule has 4 N–H and O–H groups in total. The minimum absolute atomic E-state index is 0.122. The van der Waals surface area contributed by atoms with E-state index in [-0.39, 0.29) is 12.5 Å². The highest BCUT2D eigenvalue weighted by atomic mass is 16.3. The highest BCUT2D eigenvalue weighted by Gasteiger charge is 2.48. The van der Waals surface area contributed by atoms with E-state index in [1.165, 1.54) is 0 Å². The fourth-order valence-electron chi connectivity index (χ4n) is 2.04. The van der Waals surface area contributed by atoms with Crippen molar-refractivity contribution in [1.82, 2.24) is 5.32 Å². The molecule has 2 fully saturated rings. The highest BCUT2D eigenvalue weighted by Crippen LogP contribution is 2.33. The van der Waals surface area contributed by atoms with Crippen molar-refractivity contribution < 1.29 is 15.3 Å². The lowest BCUT2D eigenvalue weighted by atomic mass is 9.97. The van der Waals surface area contributed by atoms with E-state index in [9.17, 15) is 15.3 Å². The number of aliphatic hydroxyl groups excluding tert-OH is 2. The van der Waals surface area contributed by atoms with Crippen LogP contribution in [0.3, 0.4) is 0 Å².